The first-order valence-electron chi connectivity index (χ1n) is 7.57. The summed E-state index contributed by atoms with van der Waals surface area (Å²) in [5.41, 5.74) is 0.698. The maximum atomic E-state index is 12.2. The minimum absolute atomic E-state index is 0.149. The van der Waals surface area contributed by atoms with Crippen LogP contribution in [0.15, 0.2) is 29.2 Å². The molecule has 1 aliphatic heterocycles. The van der Waals surface area contributed by atoms with E-state index in [-0.39, 0.29) is 18.2 Å². The Morgan fingerprint density at radius 2 is 2.13 bits per heavy atom. The molecule has 1 aromatic rings. The van der Waals surface area contributed by atoms with Crippen LogP contribution in [0.4, 0.5) is 5.69 Å². The maximum absolute atomic E-state index is 12.2. The highest BCUT2D eigenvalue weighted by atomic mass is 32.2. The Morgan fingerprint density at radius 1 is 1.39 bits per heavy atom. The number of benzene rings is 1. The Balaban J connectivity index is 2.04. The monoisotopic (exact) mass is 336 g/mol. The Bertz CT molecular complexity index is 605. The van der Waals surface area contributed by atoms with Gasteiger partial charge >= 0.3 is 5.97 Å². The molecule has 0 radical (unpaired) electrons. The minimum Gasteiger partial charge on any atom is -0.480 e. The van der Waals surface area contributed by atoms with Gasteiger partial charge in [-0.25, -0.2) is 4.79 Å². The lowest BCUT2D eigenvalue weighted by atomic mass is 10.1. The third-order valence-electron chi connectivity index (χ3n) is 3.59. The van der Waals surface area contributed by atoms with Crippen molar-refractivity contribution in [3.63, 3.8) is 0 Å². The molecule has 1 atom stereocenters. The molecule has 0 aliphatic carbocycles. The first-order chi connectivity index (χ1) is 11.0. The number of hydrogen-bond donors (Lipinski definition) is 2. The molecule has 2 N–H and O–H groups in total. The largest absolute Gasteiger partial charge is 0.480 e. The van der Waals surface area contributed by atoms with Crippen molar-refractivity contribution in [2.24, 2.45) is 0 Å². The van der Waals surface area contributed by atoms with Gasteiger partial charge in [-0.05, 0) is 18.6 Å². The van der Waals surface area contributed by atoms with Crippen LogP contribution in [0.2, 0.25) is 0 Å². The molecule has 6 nitrogen and oxygen atoms in total. The molecule has 1 aromatic carbocycles. The predicted molar refractivity (Wildman–Crippen MR) is 88.6 cm³/mol. The molecule has 124 valence electrons. The van der Waals surface area contributed by atoms with Crippen LogP contribution in [0.1, 0.15) is 26.2 Å². The molecule has 23 heavy (non-hydrogen) atoms. The lowest BCUT2D eigenvalue weighted by Crippen LogP contribution is -2.48. The second kappa shape index (κ2) is 8.01. The molecule has 0 unspecified atom stereocenters. The average Bonchev–Trinajstić information content (AvgIpc) is 2.54. The molecular weight excluding hydrogens is 316 g/mol. The normalized spacial score (nSPS) is 15.0. The summed E-state index contributed by atoms with van der Waals surface area (Å²) in [4.78, 5) is 37.8. The molecule has 0 saturated heterocycles. The maximum Gasteiger partial charge on any atom is 0.326 e. The van der Waals surface area contributed by atoms with Crippen molar-refractivity contribution < 1.29 is 19.5 Å². The summed E-state index contributed by atoms with van der Waals surface area (Å²) in [6, 6.07) is 6.47. The summed E-state index contributed by atoms with van der Waals surface area (Å²) in [7, 11) is 0. The van der Waals surface area contributed by atoms with Crippen molar-refractivity contribution in [2.45, 2.75) is 37.1 Å². The molecule has 0 aromatic heterocycles. The molecule has 1 heterocycles. The van der Waals surface area contributed by atoms with E-state index < -0.39 is 17.9 Å². The van der Waals surface area contributed by atoms with Crippen molar-refractivity contribution in [2.75, 3.05) is 17.2 Å². The number of carboxylic acids is 1. The van der Waals surface area contributed by atoms with Crippen LogP contribution in [-0.4, -0.2) is 41.2 Å². The van der Waals surface area contributed by atoms with Gasteiger partial charge in [0, 0.05) is 4.90 Å². The van der Waals surface area contributed by atoms with Gasteiger partial charge in [-0.2, -0.15) is 0 Å². The number of unbranched alkanes of at least 4 members (excludes halogenated alkanes) is 1. The Morgan fingerprint density at radius 3 is 2.83 bits per heavy atom. The van der Waals surface area contributed by atoms with Gasteiger partial charge in [0.15, 0.2) is 0 Å². The summed E-state index contributed by atoms with van der Waals surface area (Å²) in [5, 5.41) is 11.7. The molecule has 0 bridgehead atoms. The van der Waals surface area contributed by atoms with Gasteiger partial charge in [-0.15, -0.1) is 11.8 Å². The second-order valence-electron chi connectivity index (χ2n) is 5.34. The molecule has 1 aliphatic rings. The number of fused-ring (bicyclic) bond motifs is 1. The van der Waals surface area contributed by atoms with Crippen molar-refractivity contribution in [1.29, 1.82) is 0 Å². The summed E-state index contributed by atoms with van der Waals surface area (Å²) in [6.07, 6.45) is 1.96. The summed E-state index contributed by atoms with van der Waals surface area (Å²) in [5.74, 6) is -1.37. The van der Waals surface area contributed by atoms with E-state index in [1.165, 1.54) is 16.7 Å². The number of rotatable bonds is 7. The van der Waals surface area contributed by atoms with Gasteiger partial charge in [0.05, 0.1) is 11.4 Å². The van der Waals surface area contributed by atoms with E-state index in [1.54, 1.807) is 6.07 Å². The summed E-state index contributed by atoms with van der Waals surface area (Å²) >= 11 is 1.44. The molecule has 7 heteroatoms. The standard InChI is InChI=1S/C16H20N2O4S/c1-2-3-6-11(16(21)22)17-14(19)9-18-12-7-4-5-8-13(12)23-10-15(18)20/h4-5,7-8,11H,2-3,6,9-10H2,1H3,(H,17,19)(H,21,22)/t11-/m0/s1. The van der Waals surface area contributed by atoms with Crippen LogP contribution < -0.4 is 10.2 Å². The van der Waals surface area contributed by atoms with E-state index in [0.717, 1.165) is 17.7 Å². The molecule has 0 fully saturated rings. The Kier molecular flexibility index (Phi) is 6.04. The number of hydrogen-bond acceptors (Lipinski definition) is 4. The fourth-order valence-electron chi connectivity index (χ4n) is 2.38. The quantitative estimate of drug-likeness (QED) is 0.794. The lowest BCUT2D eigenvalue weighted by molar-refractivity contribution is -0.141. The third kappa shape index (κ3) is 4.48. The fourth-order valence-corrected chi connectivity index (χ4v) is 3.31. The number of carbonyl (C=O) groups is 3. The van der Waals surface area contributed by atoms with Crippen LogP contribution in [0.25, 0.3) is 0 Å². The van der Waals surface area contributed by atoms with Gasteiger partial charge in [-0.3, -0.25) is 9.59 Å². The van der Waals surface area contributed by atoms with Gasteiger partial charge in [0.1, 0.15) is 12.6 Å². The summed E-state index contributed by atoms with van der Waals surface area (Å²) in [6.45, 7) is 1.80. The van der Waals surface area contributed by atoms with Gasteiger partial charge in [0.2, 0.25) is 11.8 Å². The number of amides is 2. The molecule has 2 rings (SSSR count). The van der Waals surface area contributed by atoms with E-state index in [4.69, 9.17) is 5.11 Å². The first kappa shape index (κ1) is 17.3. The zero-order valence-electron chi connectivity index (χ0n) is 12.9. The average molecular weight is 336 g/mol. The number of thioether (sulfide) groups is 1. The van der Waals surface area contributed by atoms with Crippen molar-refractivity contribution in [3.8, 4) is 0 Å². The highest BCUT2D eigenvalue weighted by Crippen LogP contribution is 2.34. The van der Waals surface area contributed by atoms with E-state index in [9.17, 15) is 14.4 Å². The van der Waals surface area contributed by atoms with E-state index in [2.05, 4.69) is 5.32 Å². The highest BCUT2D eigenvalue weighted by Gasteiger charge is 2.27. The van der Waals surface area contributed by atoms with Crippen LogP contribution >= 0.6 is 11.8 Å². The number of nitrogens with one attached hydrogen (secondary N) is 1. The van der Waals surface area contributed by atoms with Gasteiger partial charge in [0.25, 0.3) is 0 Å². The lowest BCUT2D eigenvalue weighted by Gasteiger charge is -2.28. The second-order valence-corrected chi connectivity index (χ2v) is 6.35. The zero-order valence-corrected chi connectivity index (χ0v) is 13.8. The van der Waals surface area contributed by atoms with Crippen LogP contribution in [-0.2, 0) is 14.4 Å². The van der Waals surface area contributed by atoms with Gasteiger partial charge in [-0.1, -0.05) is 31.9 Å². The fraction of sp³-hybridized carbons (Fsp3) is 0.438. The van der Waals surface area contributed by atoms with E-state index in [0.29, 0.717) is 12.1 Å². The summed E-state index contributed by atoms with van der Waals surface area (Å²) < 4.78 is 0. The number of aliphatic carboxylic acids is 1. The van der Waals surface area contributed by atoms with Crippen LogP contribution in [0.5, 0.6) is 0 Å². The van der Waals surface area contributed by atoms with Crippen LogP contribution in [0.3, 0.4) is 0 Å². The van der Waals surface area contributed by atoms with Crippen molar-refractivity contribution in [1.82, 2.24) is 5.32 Å². The molecule has 0 spiro atoms. The highest BCUT2D eigenvalue weighted by molar-refractivity contribution is 8.00. The number of carbonyl (C=O) groups excluding carboxylic acids is 2. The minimum atomic E-state index is -1.05. The number of carboxylic acid groups (broad SMARTS) is 1. The smallest absolute Gasteiger partial charge is 0.326 e. The van der Waals surface area contributed by atoms with Crippen LogP contribution in [0, 0.1) is 0 Å². The van der Waals surface area contributed by atoms with Crippen molar-refractivity contribution in [3.05, 3.63) is 24.3 Å². The topological polar surface area (TPSA) is 86.7 Å². The number of para-hydroxylation sites is 1. The number of anilines is 1. The van der Waals surface area contributed by atoms with E-state index >= 15 is 0 Å². The van der Waals surface area contributed by atoms with Gasteiger partial charge < -0.3 is 15.3 Å². The van der Waals surface area contributed by atoms with Crippen molar-refractivity contribution >= 4 is 35.2 Å². The zero-order chi connectivity index (χ0) is 16.8. The molecule has 0 saturated carbocycles. The molecular formula is C16H20N2O4S. The Labute approximate surface area is 139 Å². The molecule has 2 amide bonds. The predicted octanol–water partition coefficient (Wildman–Crippen LogP) is 1.88. The third-order valence-corrected chi connectivity index (χ3v) is 4.64. The number of nitrogens with zero attached hydrogens (tertiary/aromatic N) is 1. The SMILES string of the molecule is CCCC[C@H](NC(=O)CN1C(=O)CSc2ccccc21)C(=O)O. The first-order valence-corrected chi connectivity index (χ1v) is 8.55. The van der Waals surface area contributed by atoms with E-state index in [1.807, 2.05) is 25.1 Å². The Hall–Kier alpha value is -2.02.